The van der Waals surface area contributed by atoms with Gasteiger partial charge in [0.2, 0.25) is 0 Å². The third-order valence-corrected chi connectivity index (χ3v) is 3.47. The summed E-state index contributed by atoms with van der Waals surface area (Å²) in [6, 6.07) is 1.67. The van der Waals surface area contributed by atoms with Crippen LogP contribution in [0.2, 0.25) is 0 Å². The van der Waals surface area contributed by atoms with Gasteiger partial charge < -0.3 is 10.4 Å². The van der Waals surface area contributed by atoms with Crippen LogP contribution >= 0.6 is 11.6 Å². The second-order valence-corrected chi connectivity index (χ2v) is 4.93. The highest BCUT2D eigenvalue weighted by Crippen LogP contribution is 2.23. The molecule has 1 fully saturated rings. The van der Waals surface area contributed by atoms with Crippen LogP contribution in [0.1, 0.15) is 36.0 Å². The Hall–Kier alpha value is -1.29. The molecule has 0 saturated heterocycles. The lowest BCUT2D eigenvalue weighted by molar-refractivity contribution is 0.0925. The van der Waals surface area contributed by atoms with E-state index in [0.29, 0.717) is 0 Å². The Bertz CT molecular complexity index is 403. The van der Waals surface area contributed by atoms with Crippen molar-refractivity contribution in [3.63, 3.8) is 0 Å². The highest BCUT2D eigenvalue weighted by atomic mass is 35.5. The molecule has 2 N–H and O–H groups in total. The smallest absolute Gasteiger partial charge is 0.255 e. The third kappa shape index (κ3) is 3.09. The summed E-state index contributed by atoms with van der Waals surface area (Å²) >= 11 is 6.00. The van der Waals surface area contributed by atoms with E-state index < -0.39 is 0 Å². The highest BCUT2D eigenvalue weighted by Gasteiger charge is 2.22. The molecule has 92 valence electrons. The summed E-state index contributed by atoms with van der Waals surface area (Å²) in [5, 5.41) is 12.7. The molecule has 0 radical (unpaired) electrons. The number of nitrogens with zero attached hydrogens (tertiary/aromatic N) is 1. The maximum Gasteiger partial charge on any atom is 0.255 e. The molecule has 0 spiro atoms. The van der Waals surface area contributed by atoms with Gasteiger partial charge >= 0.3 is 0 Å². The van der Waals surface area contributed by atoms with Gasteiger partial charge in [0.05, 0.1) is 11.8 Å². The molecule has 1 saturated carbocycles. The van der Waals surface area contributed by atoms with Crippen LogP contribution < -0.4 is 5.32 Å². The summed E-state index contributed by atoms with van der Waals surface area (Å²) in [5.41, 5.74) is 0.271. The zero-order chi connectivity index (χ0) is 12.3. The van der Waals surface area contributed by atoms with Crippen molar-refractivity contribution < 1.29 is 9.90 Å². The molecule has 0 atom stereocenters. The van der Waals surface area contributed by atoms with Gasteiger partial charge in [0.25, 0.3) is 5.91 Å². The van der Waals surface area contributed by atoms with E-state index in [0.717, 1.165) is 25.7 Å². The Morgan fingerprint density at radius 1 is 1.41 bits per heavy atom. The van der Waals surface area contributed by atoms with Gasteiger partial charge in [-0.05, 0) is 31.7 Å². The molecule has 0 aromatic carbocycles. The molecule has 0 bridgehead atoms. The number of hydrogen-bond acceptors (Lipinski definition) is 3. The van der Waals surface area contributed by atoms with Crippen LogP contribution in [-0.4, -0.2) is 27.4 Å². The Labute approximate surface area is 105 Å². The average molecular weight is 255 g/mol. The monoisotopic (exact) mass is 254 g/mol. The quantitative estimate of drug-likeness (QED) is 0.795. The van der Waals surface area contributed by atoms with Gasteiger partial charge in [-0.2, -0.15) is 0 Å². The van der Waals surface area contributed by atoms with Crippen LogP contribution in [-0.2, 0) is 0 Å². The molecule has 0 aliphatic heterocycles. The number of alkyl halides is 1. The molecule has 1 aliphatic rings. The van der Waals surface area contributed by atoms with Crippen molar-refractivity contribution in [1.82, 2.24) is 10.3 Å². The van der Waals surface area contributed by atoms with E-state index in [1.54, 1.807) is 0 Å². The molecule has 2 rings (SSSR count). The summed E-state index contributed by atoms with van der Waals surface area (Å²) in [4.78, 5) is 15.6. The van der Waals surface area contributed by atoms with Crippen LogP contribution in [0.25, 0.3) is 0 Å². The fraction of sp³-hybridized carbons (Fsp3) is 0.500. The number of rotatable bonds is 2. The molecule has 0 unspecified atom stereocenters. The van der Waals surface area contributed by atoms with Crippen LogP contribution in [0.5, 0.6) is 5.75 Å². The molecule has 1 amide bonds. The first-order valence-corrected chi connectivity index (χ1v) is 6.18. The lowest BCUT2D eigenvalue weighted by Gasteiger charge is -2.25. The summed E-state index contributed by atoms with van der Waals surface area (Å²) < 4.78 is 0. The molecule has 4 nitrogen and oxygen atoms in total. The largest absolute Gasteiger partial charge is 0.505 e. The molecule has 1 aromatic heterocycles. The molecule has 1 heterocycles. The SMILES string of the molecule is O=C(NC1CCC(Cl)CC1)c1ccncc1O. The lowest BCUT2D eigenvalue weighted by Crippen LogP contribution is -2.37. The first-order chi connectivity index (χ1) is 8.16. The van der Waals surface area contributed by atoms with Crippen molar-refractivity contribution in [2.45, 2.75) is 37.1 Å². The summed E-state index contributed by atoms with van der Waals surface area (Å²) in [5.74, 6) is -0.334. The molecule has 17 heavy (non-hydrogen) atoms. The van der Waals surface area contributed by atoms with Crippen LogP contribution in [0.3, 0.4) is 0 Å². The molecule has 1 aliphatic carbocycles. The van der Waals surface area contributed by atoms with Crippen molar-refractivity contribution >= 4 is 17.5 Å². The predicted molar refractivity (Wildman–Crippen MR) is 65.3 cm³/mol. The van der Waals surface area contributed by atoms with E-state index >= 15 is 0 Å². The molecular weight excluding hydrogens is 240 g/mol. The van der Waals surface area contributed by atoms with E-state index in [2.05, 4.69) is 10.3 Å². The number of pyridine rings is 1. The van der Waals surface area contributed by atoms with E-state index in [9.17, 15) is 9.90 Å². The first-order valence-electron chi connectivity index (χ1n) is 5.74. The summed E-state index contributed by atoms with van der Waals surface area (Å²) in [7, 11) is 0. The molecular formula is C12H15ClN2O2. The van der Waals surface area contributed by atoms with Gasteiger partial charge in [-0.15, -0.1) is 11.6 Å². The maximum atomic E-state index is 11.9. The van der Waals surface area contributed by atoms with E-state index in [1.165, 1.54) is 18.5 Å². The fourth-order valence-corrected chi connectivity index (χ4v) is 2.29. The number of carbonyl (C=O) groups excluding carboxylic acids is 1. The number of aromatic nitrogens is 1. The van der Waals surface area contributed by atoms with Crippen LogP contribution in [0.15, 0.2) is 18.5 Å². The Morgan fingerprint density at radius 2 is 2.12 bits per heavy atom. The number of halogens is 1. The fourth-order valence-electron chi connectivity index (χ4n) is 2.04. The van der Waals surface area contributed by atoms with Gasteiger partial charge in [-0.1, -0.05) is 0 Å². The van der Waals surface area contributed by atoms with Gasteiger partial charge in [0.15, 0.2) is 0 Å². The summed E-state index contributed by atoms with van der Waals surface area (Å²) in [6.07, 6.45) is 6.40. The topological polar surface area (TPSA) is 62.2 Å². The third-order valence-electron chi connectivity index (χ3n) is 3.04. The zero-order valence-electron chi connectivity index (χ0n) is 9.40. The average Bonchev–Trinajstić information content (AvgIpc) is 2.32. The summed E-state index contributed by atoms with van der Waals surface area (Å²) in [6.45, 7) is 0. The minimum absolute atomic E-state index is 0.0870. The maximum absolute atomic E-state index is 11.9. The zero-order valence-corrected chi connectivity index (χ0v) is 10.2. The van der Waals surface area contributed by atoms with Crippen LogP contribution in [0, 0.1) is 0 Å². The molecule has 5 heteroatoms. The lowest BCUT2D eigenvalue weighted by atomic mass is 9.95. The van der Waals surface area contributed by atoms with Crippen LogP contribution in [0.4, 0.5) is 0 Å². The van der Waals surface area contributed by atoms with Gasteiger partial charge in [-0.25, -0.2) is 0 Å². The Kier molecular flexibility index (Phi) is 3.84. The highest BCUT2D eigenvalue weighted by molar-refractivity contribution is 6.20. The molecule has 1 aromatic rings. The standard InChI is InChI=1S/C12H15ClN2O2/c13-8-1-3-9(4-2-8)15-12(17)10-5-6-14-7-11(10)16/h5-9,16H,1-4H2,(H,15,17). The van der Waals surface area contributed by atoms with Crippen molar-refractivity contribution in [3.8, 4) is 5.75 Å². The number of nitrogens with one attached hydrogen (secondary N) is 1. The minimum Gasteiger partial charge on any atom is -0.505 e. The van der Waals surface area contributed by atoms with Crippen molar-refractivity contribution in [2.24, 2.45) is 0 Å². The predicted octanol–water partition coefficient (Wildman–Crippen LogP) is 2.07. The van der Waals surface area contributed by atoms with Gasteiger partial charge in [0, 0.05) is 17.6 Å². The number of aromatic hydroxyl groups is 1. The van der Waals surface area contributed by atoms with Crippen molar-refractivity contribution in [3.05, 3.63) is 24.0 Å². The van der Waals surface area contributed by atoms with Gasteiger partial charge in [-0.3, -0.25) is 9.78 Å². The van der Waals surface area contributed by atoms with Crippen molar-refractivity contribution in [1.29, 1.82) is 0 Å². The van der Waals surface area contributed by atoms with E-state index in [1.807, 2.05) is 0 Å². The van der Waals surface area contributed by atoms with Gasteiger partial charge in [0.1, 0.15) is 5.75 Å². The second kappa shape index (κ2) is 5.36. The first kappa shape index (κ1) is 12.2. The number of carbonyl (C=O) groups is 1. The van der Waals surface area contributed by atoms with Crippen molar-refractivity contribution in [2.75, 3.05) is 0 Å². The normalized spacial score (nSPS) is 24.3. The number of amides is 1. The minimum atomic E-state index is -0.247. The Morgan fingerprint density at radius 3 is 2.76 bits per heavy atom. The Balaban J connectivity index is 1.96. The number of hydrogen-bond donors (Lipinski definition) is 2. The van der Waals surface area contributed by atoms with E-state index in [-0.39, 0.29) is 28.6 Å². The van der Waals surface area contributed by atoms with E-state index in [4.69, 9.17) is 11.6 Å². The second-order valence-electron chi connectivity index (χ2n) is 4.32.